The Hall–Kier alpha value is -1.29. The molecule has 0 radical (unpaired) electrons. The summed E-state index contributed by atoms with van der Waals surface area (Å²) in [5.74, 6) is -0.236. The van der Waals surface area contributed by atoms with Crippen molar-refractivity contribution in [3.05, 3.63) is 28.5 Å². The molecule has 0 aliphatic carbocycles. The second-order valence-electron chi connectivity index (χ2n) is 3.52. The molecule has 19 heavy (non-hydrogen) atoms. The standard InChI is InChI=1S/C12H15ClFNO2.C2H6/c1-4-15(5-2)12(16)17-10-7-6-9(14)11(13)8(10)3;1-2/h6-7H,4-5H2,1-3H3;1-2H3. The van der Waals surface area contributed by atoms with E-state index in [0.29, 0.717) is 18.7 Å². The lowest BCUT2D eigenvalue weighted by Crippen LogP contribution is -2.33. The summed E-state index contributed by atoms with van der Waals surface area (Å²) in [6.45, 7) is 10.4. The largest absolute Gasteiger partial charge is 0.415 e. The van der Waals surface area contributed by atoms with Gasteiger partial charge in [0.25, 0.3) is 0 Å². The normalized spacial score (nSPS) is 9.42. The topological polar surface area (TPSA) is 29.5 Å². The van der Waals surface area contributed by atoms with E-state index in [4.69, 9.17) is 16.3 Å². The fourth-order valence-corrected chi connectivity index (χ4v) is 1.54. The second-order valence-corrected chi connectivity index (χ2v) is 3.90. The van der Waals surface area contributed by atoms with Crippen molar-refractivity contribution in [3.63, 3.8) is 0 Å². The molecule has 1 rings (SSSR count). The average molecular weight is 290 g/mol. The van der Waals surface area contributed by atoms with E-state index in [0.717, 1.165) is 0 Å². The summed E-state index contributed by atoms with van der Waals surface area (Å²) in [5, 5.41) is -0.0187. The molecule has 1 aromatic rings. The van der Waals surface area contributed by atoms with Crippen LogP contribution in [0.1, 0.15) is 33.3 Å². The Morgan fingerprint density at radius 1 is 1.32 bits per heavy atom. The first-order valence-electron chi connectivity index (χ1n) is 6.42. The first-order valence-corrected chi connectivity index (χ1v) is 6.80. The van der Waals surface area contributed by atoms with Crippen LogP contribution in [0.2, 0.25) is 5.02 Å². The number of carbonyl (C=O) groups excluding carboxylic acids is 1. The Morgan fingerprint density at radius 2 is 1.84 bits per heavy atom. The van der Waals surface area contributed by atoms with Crippen LogP contribution in [0, 0.1) is 12.7 Å². The molecule has 108 valence electrons. The van der Waals surface area contributed by atoms with Crippen LogP contribution >= 0.6 is 11.6 Å². The number of hydrogen-bond acceptors (Lipinski definition) is 2. The molecule has 0 saturated carbocycles. The van der Waals surface area contributed by atoms with Crippen LogP contribution in [-0.2, 0) is 0 Å². The molecule has 5 heteroatoms. The molecule has 0 heterocycles. The minimum Gasteiger partial charge on any atom is -0.410 e. The molecule has 0 N–H and O–H groups in total. The number of carbonyl (C=O) groups is 1. The average Bonchev–Trinajstić information content (AvgIpc) is 2.43. The first-order chi connectivity index (χ1) is 9.01. The Labute approximate surface area is 119 Å². The van der Waals surface area contributed by atoms with E-state index in [1.807, 2.05) is 27.7 Å². The van der Waals surface area contributed by atoms with E-state index in [-0.39, 0.29) is 10.8 Å². The van der Waals surface area contributed by atoms with Gasteiger partial charge in [-0.15, -0.1) is 0 Å². The highest BCUT2D eigenvalue weighted by Gasteiger charge is 2.15. The van der Waals surface area contributed by atoms with Crippen molar-refractivity contribution in [2.75, 3.05) is 13.1 Å². The van der Waals surface area contributed by atoms with Gasteiger partial charge in [0.1, 0.15) is 11.6 Å². The van der Waals surface area contributed by atoms with E-state index < -0.39 is 11.9 Å². The summed E-state index contributed by atoms with van der Waals surface area (Å²) in [4.78, 5) is 13.2. The maximum absolute atomic E-state index is 13.1. The van der Waals surface area contributed by atoms with Gasteiger partial charge in [-0.05, 0) is 32.9 Å². The van der Waals surface area contributed by atoms with Crippen LogP contribution in [0.4, 0.5) is 9.18 Å². The number of rotatable bonds is 3. The molecule has 0 aliphatic heterocycles. The van der Waals surface area contributed by atoms with Gasteiger partial charge in [0.15, 0.2) is 0 Å². The van der Waals surface area contributed by atoms with Gasteiger partial charge in [-0.25, -0.2) is 9.18 Å². The van der Waals surface area contributed by atoms with Crippen LogP contribution in [-0.4, -0.2) is 24.1 Å². The van der Waals surface area contributed by atoms with Gasteiger partial charge in [0.2, 0.25) is 0 Å². The maximum Gasteiger partial charge on any atom is 0.415 e. The first kappa shape index (κ1) is 17.7. The maximum atomic E-state index is 13.1. The fraction of sp³-hybridized carbons (Fsp3) is 0.500. The summed E-state index contributed by atoms with van der Waals surface area (Å²) in [7, 11) is 0. The molecule has 1 aromatic carbocycles. The van der Waals surface area contributed by atoms with E-state index in [1.54, 1.807) is 6.92 Å². The molecular weight excluding hydrogens is 269 g/mol. The van der Waals surface area contributed by atoms with Crippen molar-refractivity contribution in [2.24, 2.45) is 0 Å². The van der Waals surface area contributed by atoms with Crippen LogP contribution in [0.5, 0.6) is 5.75 Å². The van der Waals surface area contributed by atoms with E-state index in [1.165, 1.54) is 17.0 Å². The van der Waals surface area contributed by atoms with Gasteiger partial charge in [-0.3, -0.25) is 0 Å². The summed E-state index contributed by atoms with van der Waals surface area (Å²) < 4.78 is 18.3. The second kappa shape index (κ2) is 8.75. The van der Waals surface area contributed by atoms with Gasteiger partial charge in [-0.2, -0.15) is 0 Å². The summed E-state index contributed by atoms with van der Waals surface area (Å²) in [6, 6.07) is 2.58. The third kappa shape index (κ3) is 4.71. The quantitative estimate of drug-likeness (QED) is 0.810. The van der Waals surface area contributed by atoms with Crippen LogP contribution < -0.4 is 4.74 Å². The van der Waals surface area contributed by atoms with Gasteiger partial charge in [-0.1, -0.05) is 25.4 Å². The summed E-state index contributed by atoms with van der Waals surface area (Å²) in [6.07, 6.45) is -0.458. The number of hydrogen-bond donors (Lipinski definition) is 0. The predicted octanol–water partition coefficient (Wildman–Crippen LogP) is 4.65. The minimum absolute atomic E-state index is 0.0187. The number of amides is 1. The third-order valence-electron chi connectivity index (χ3n) is 2.51. The highest BCUT2D eigenvalue weighted by atomic mass is 35.5. The zero-order valence-electron chi connectivity index (χ0n) is 12.1. The molecule has 0 fully saturated rings. The number of halogens is 2. The summed E-state index contributed by atoms with van der Waals surface area (Å²) >= 11 is 5.73. The number of ether oxygens (including phenoxy) is 1. The lowest BCUT2D eigenvalue weighted by molar-refractivity contribution is 0.157. The zero-order valence-corrected chi connectivity index (χ0v) is 12.8. The lowest BCUT2D eigenvalue weighted by atomic mass is 10.2. The number of benzene rings is 1. The van der Waals surface area contributed by atoms with E-state index >= 15 is 0 Å². The molecule has 0 spiro atoms. The molecule has 0 aliphatic rings. The van der Waals surface area contributed by atoms with E-state index in [9.17, 15) is 9.18 Å². The lowest BCUT2D eigenvalue weighted by Gasteiger charge is -2.18. The Kier molecular flexibility index (Phi) is 8.16. The SMILES string of the molecule is CC.CCN(CC)C(=O)Oc1ccc(F)c(Cl)c1C. The Bertz CT molecular complexity index is 420. The molecule has 0 aromatic heterocycles. The van der Waals surface area contributed by atoms with Crippen molar-refractivity contribution in [2.45, 2.75) is 34.6 Å². The predicted molar refractivity (Wildman–Crippen MR) is 76.4 cm³/mol. The highest BCUT2D eigenvalue weighted by molar-refractivity contribution is 6.31. The molecule has 0 saturated heterocycles. The molecule has 0 bridgehead atoms. The van der Waals surface area contributed by atoms with Crippen molar-refractivity contribution in [3.8, 4) is 5.75 Å². The monoisotopic (exact) mass is 289 g/mol. The van der Waals surface area contributed by atoms with Crippen molar-refractivity contribution >= 4 is 17.7 Å². The minimum atomic E-state index is -0.521. The fourth-order valence-electron chi connectivity index (χ4n) is 1.39. The van der Waals surface area contributed by atoms with Crippen LogP contribution in [0.15, 0.2) is 12.1 Å². The molecule has 0 unspecified atom stereocenters. The van der Waals surface area contributed by atoms with Crippen LogP contribution in [0.25, 0.3) is 0 Å². The Morgan fingerprint density at radius 3 is 2.32 bits per heavy atom. The van der Waals surface area contributed by atoms with Gasteiger partial charge in [0, 0.05) is 18.7 Å². The van der Waals surface area contributed by atoms with Crippen molar-refractivity contribution in [1.29, 1.82) is 0 Å². The molecule has 3 nitrogen and oxygen atoms in total. The summed E-state index contributed by atoms with van der Waals surface area (Å²) in [5.41, 5.74) is 0.423. The van der Waals surface area contributed by atoms with Crippen molar-refractivity contribution < 1.29 is 13.9 Å². The number of nitrogens with zero attached hydrogens (tertiary/aromatic N) is 1. The third-order valence-corrected chi connectivity index (χ3v) is 2.97. The van der Waals surface area contributed by atoms with E-state index in [2.05, 4.69) is 0 Å². The van der Waals surface area contributed by atoms with Crippen LogP contribution in [0.3, 0.4) is 0 Å². The van der Waals surface area contributed by atoms with Gasteiger partial charge < -0.3 is 9.64 Å². The Balaban J connectivity index is 0.00000154. The molecular formula is C14H21ClFNO2. The highest BCUT2D eigenvalue weighted by Crippen LogP contribution is 2.28. The molecule has 1 amide bonds. The zero-order chi connectivity index (χ0) is 15.0. The van der Waals surface area contributed by atoms with Gasteiger partial charge in [0.05, 0.1) is 5.02 Å². The van der Waals surface area contributed by atoms with Gasteiger partial charge >= 0.3 is 6.09 Å². The smallest absolute Gasteiger partial charge is 0.410 e. The van der Waals surface area contributed by atoms with Crippen molar-refractivity contribution in [1.82, 2.24) is 4.90 Å². The molecule has 0 atom stereocenters.